The van der Waals surface area contributed by atoms with Crippen molar-refractivity contribution in [3.63, 3.8) is 0 Å². The summed E-state index contributed by atoms with van der Waals surface area (Å²) in [5, 5.41) is 3.89. The highest BCUT2D eigenvalue weighted by molar-refractivity contribution is 6.04. The Morgan fingerprint density at radius 1 is 1.33 bits per heavy atom. The first-order chi connectivity index (χ1) is 8.20. The Hall–Kier alpha value is -1.93. The van der Waals surface area contributed by atoms with Crippen molar-refractivity contribution in [2.75, 3.05) is 0 Å². The number of halogens is 3. The number of alkyl halides is 3. The standard InChI is InChI=1S/C9H9F3N2O4/c10-9(11,12)5(15)3-7(17)13-4-1-2-6(16)14-8(4)18/h4H,1-3H2,(H,13,17)(H,14,16,18). The van der Waals surface area contributed by atoms with Gasteiger partial charge in [0.25, 0.3) is 0 Å². The summed E-state index contributed by atoms with van der Waals surface area (Å²) in [7, 11) is 0. The highest BCUT2D eigenvalue weighted by Gasteiger charge is 2.39. The average molecular weight is 266 g/mol. The van der Waals surface area contributed by atoms with Crippen molar-refractivity contribution in [2.45, 2.75) is 31.5 Å². The van der Waals surface area contributed by atoms with Crippen molar-refractivity contribution >= 4 is 23.5 Å². The van der Waals surface area contributed by atoms with Crippen molar-refractivity contribution < 1.29 is 32.3 Å². The number of carbonyl (C=O) groups excluding carboxylic acids is 4. The third-order valence-corrected chi connectivity index (χ3v) is 2.21. The molecular weight excluding hydrogens is 257 g/mol. The van der Waals surface area contributed by atoms with E-state index in [-0.39, 0.29) is 12.8 Å². The van der Waals surface area contributed by atoms with Crippen LogP contribution in [0.25, 0.3) is 0 Å². The first-order valence-corrected chi connectivity index (χ1v) is 4.93. The van der Waals surface area contributed by atoms with Crippen LogP contribution in [0.15, 0.2) is 0 Å². The Balaban J connectivity index is 2.48. The Bertz CT molecular complexity index is 405. The Morgan fingerprint density at radius 2 is 1.94 bits per heavy atom. The first kappa shape index (κ1) is 14.1. The van der Waals surface area contributed by atoms with Crippen LogP contribution in [-0.4, -0.2) is 35.7 Å². The van der Waals surface area contributed by atoms with Crippen LogP contribution in [0.5, 0.6) is 0 Å². The fraction of sp³-hybridized carbons (Fsp3) is 0.556. The molecule has 1 rings (SSSR count). The summed E-state index contributed by atoms with van der Waals surface area (Å²) in [5.74, 6) is -4.70. The molecule has 0 spiro atoms. The van der Waals surface area contributed by atoms with E-state index in [0.29, 0.717) is 0 Å². The lowest BCUT2D eigenvalue weighted by Crippen LogP contribution is -2.52. The molecule has 0 saturated carbocycles. The number of hydrogen-bond donors (Lipinski definition) is 2. The third kappa shape index (κ3) is 3.82. The van der Waals surface area contributed by atoms with Gasteiger partial charge in [-0.05, 0) is 6.42 Å². The molecule has 1 unspecified atom stereocenters. The largest absolute Gasteiger partial charge is 0.450 e. The van der Waals surface area contributed by atoms with Crippen LogP contribution in [0.3, 0.4) is 0 Å². The van der Waals surface area contributed by atoms with Crippen molar-refractivity contribution in [3.8, 4) is 0 Å². The topological polar surface area (TPSA) is 92.3 Å². The molecule has 1 fully saturated rings. The fourth-order valence-corrected chi connectivity index (χ4v) is 1.32. The lowest BCUT2D eigenvalue weighted by Gasteiger charge is -2.21. The van der Waals surface area contributed by atoms with Gasteiger partial charge in [0.1, 0.15) is 6.04 Å². The highest BCUT2D eigenvalue weighted by atomic mass is 19.4. The Kier molecular flexibility index (Phi) is 4.04. The monoisotopic (exact) mass is 266 g/mol. The smallest absolute Gasteiger partial charge is 0.344 e. The van der Waals surface area contributed by atoms with Crippen molar-refractivity contribution in [1.29, 1.82) is 0 Å². The molecule has 18 heavy (non-hydrogen) atoms. The lowest BCUT2D eigenvalue weighted by molar-refractivity contribution is -0.172. The maximum Gasteiger partial charge on any atom is 0.450 e. The van der Waals surface area contributed by atoms with E-state index in [4.69, 9.17) is 0 Å². The van der Waals surface area contributed by atoms with E-state index in [1.54, 1.807) is 0 Å². The van der Waals surface area contributed by atoms with Gasteiger partial charge in [0, 0.05) is 6.42 Å². The summed E-state index contributed by atoms with van der Waals surface area (Å²) >= 11 is 0. The second-order valence-corrected chi connectivity index (χ2v) is 3.67. The molecular formula is C9H9F3N2O4. The molecule has 100 valence electrons. The fourth-order valence-electron chi connectivity index (χ4n) is 1.32. The first-order valence-electron chi connectivity index (χ1n) is 4.93. The third-order valence-electron chi connectivity index (χ3n) is 2.21. The predicted molar refractivity (Wildman–Crippen MR) is 50.0 cm³/mol. The van der Waals surface area contributed by atoms with Gasteiger partial charge < -0.3 is 5.32 Å². The molecule has 0 aromatic carbocycles. The molecule has 1 aliphatic rings. The molecule has 9 heteroatoms. The van der Waals surface area contributed by atoms with E-state index in [0.717, 1.165) is 0 Å². The van der Waals surface area contributed by atoms with E-state index in [1.165, 1.54) is 0 Å². The number of carbonyl (C=O) groups is 4. The van der Waals surface area contributed by atoms with Gasteiger partial charge in [-0.3, -0.25) is 24.5 Å². The summed E-state index contributed by atoms with van der Waals surface area (Å²) in [6.07, 6.45) is -6.48. The molecule has 0 bridgehead atoms. The molecule has 0 radical (unpaired) electrons. The SMILES string of the molecule is O=C1CCC(NC(=O)CC(=O)C(F)(F)F)C(=O)N1. The van der Waals surface area contributed by atoms with E-state index >= 15 is 0 Å². The predicted octanol–water partition coefficient (Wildman–Crippen LogP) is -0.571. The van der Waals surface area contributed by atoms with E-state index in [1.807, 2.05) is 10.6 Å². The minimum Gasteiger partial charge on any atom is -0.344 e. The van der Waals surface area contributed by atoms with Crippen molar-refractivity contribution in [2.24, 2.45) is 0 Å². The Morgan fingerprint density at radius 3 is 2.44 bits per heavy atom. The molecule has 2 N–H and O–H groups in total. The molecule has 1 saturated heterocycles. The maximum absolute atomic E-state index is 11.9. The summed E-state index contributed by atoms with van der Waals surface area (Å²) in [6.45, 7) is 0. The van der Waals surface area contributed by atoms with E-state index in [9.17, 15) is 32.3 Å². The average Bonchev–Trinajstić information content (AvgIpc) is 2.20. The van der Waals surface area contributed by atoms with Gasteiger partial charge in [-0.15, -0.1) is 0 Å². The normalized spacial score (nSPS) is 20.3. The summed E-state index contributed by atoms with van der Waals surface area (Å²) < 4.78 is 35.6. The highest BCUT2D eigenvalue weighted by Crippen LogP contribution is 2.17. The van der Waals surface area contributed by atoms with E-state index in [2.05, 4.69) is 0 Å². The van der Waals surface area contributed by atoms with Gasteiger partial charge in [0.2, 0.25) is 23.5 Å². The van der Waals surface area contributed by atoms with Crippen LogP contribution in [0.2, 0.25) is 0 Å². The minimum atomic E-state index is -5.08. The second-order valence-electron chi connectivity index (χ2n) is 3.67. The van der Waals surface area contributed by atoms with E-state index < -0.39 is 42.1 Å². The van der Waals surface area contributed by atoms with Crippen LogP contribution >= 0.6 is 0 Å². The number of ketones is 1. The van der Waals surface area contributed by atoms with Crippen LogP contribution in [0, 0.1) is 0 Å². The van der Waals surface area contributed by atoms with Gasteiger partial charge in [-0.1, -0.05) is 0 Å². The number of amides is 3. The number of piperidine rings is 1. The second kappa shape index (κ2) is 5.15. The number of Topliss-reactive ketones (excluding diaryl/α,β-unsaturated/α-hetero) is 1. The molecule has 3 amide bonds. The molecule has 0 aliphatic carbocycles. The molecule has 1 aliphatic heterocycles. The maximum atomic E-state index is 11.9. The van der Waals surface area contributed by atoms with Gasteiger partial charge in [-0.25, -0.2) is 0 Å². The van der Waals surface area contributed by atoms with Crippen LogP contribution < -0.4 is 10.6 Å². The zero-order chi connectivity index (χ0) is 13.9. The zero-order valence-electron chi connectivity index (χ0n) is 8.97. The van der Waals surface area contributed by atoms with Crippen molar-refractivity contribution in [3.05, 3.63) is 0 Å². The minimum absolute atomic E-state index is 0.00336. The molecule has 1 atom stereocenters. The zero-order valence-corrected chi connectivity index (χ0v) is 8.97. The molecule has 6 nitrogen and oxygen atoms in total. The van der Waals surface area contributed by atoms with Gasteiger partial charge in [-0.2, -0.15) is 13.2 Å². The van der Waals surface area contributed by atoms with Gasteiger partial charge >= 0.3 is 6.18 Å². The van der Waals surface area contributed by atoms with Crippen LogP contribution in [-0.2, 0) is 19.2 Å². The van der Waals surface area contributed by atoms with Crippen LogP contribution in [0.4, 0.5) is 13.2 Å². The number of imide groups is 1. The summed E-state index contributed by atoms with van der Waals surface area (Å²) in [6, 6.07) is -1.09. The van der Waals surface area contributed by atoms with Crippen LogP contribution in [0.1, 0.15) is 19.3 Å². The van der Waals surface area contributed by atoms with Gasteiger partial charge in [0.15, 0.2) is 0 Å². The summed E-state index contributed by atoms with van der Waals surface area (Å²) in [4.78, 5) is 43.5. The summed E-state index contributed by atoms with van der Waals surface area (Å²) in [5.41, 5.74) is 0. The number of hydrogen-bond acceptors (Lipinski definition) is 4. The quantitative estimate of drug-likeness (QED) is 0.528. The molecule has 1 heterocycles. The number of rotatable bonds is 3. The number of nitrogens with one attached hydrogen (secondary N) is 2. The van der Waals surface area contributed by atoms with Gasteiger partial charge in [0.05, 0.1) is 6.42 Å². The Labute approximate surface area is 98.9 Å². The lowest BCUT2D eigenvalue weighted by atomic mass is 10.1. The molecule has 0 aromatic rings. The molecule has 0 aromatic heterocycles. The van der Waals surface area contributed by atoms with Crippen molar-refractivity contribution in [1.82, 2.24) is 10.6 Å².